The van der Waals surface area contributed by atoms with Crippen LogP contribution in [0.2, 0.25) is 0 Å². The van der Waals surface area contributed by atoms with Crippen LogP contribution < -0.4 is 20.4 Å². The van der Waals surface area contributed by atoms with Crippen molar-refractivity contribution in [2.24, 2.45) is 5.92 Å². The largest absolute Gasteiger partial charge is 0.482 e. The number of nitrogens with one attached hydrogen (secondary N) is 1. The lowest BCUT2D eigenvalue weighted by atomic mass is 9.86. The highest BCUT2D eigenvalue weighted by atomic mass is 79.9. The van der Waals surface area contributed by atoms with Crippen molar-refractivity contribution < 1.29 is 23.5 Å². The Bertz CT molecular complexity index is 1270. The summed E-state index contributed by atoms with van der Waals surface area (Å²) in [7, 11) is 0. The van der Waals surface area contributed by atoms with Crippen LogP contribution in [-0.4, -0.2) is 25.0 Å². The first-order chi connectivity index (χ1) is 15.9. The fraction of sp³-hybridized carbons (Fsp3) is 0.346. The van der Waals surface area contributed by atoms with Gasteiger partial charge < -0.3 is 19.2 Å². The molecule has 1 aromatic heterocycles. The number of halogens is 1. The molecule has 7 nitrogen and oxygen atoms in total. The molecule has 1 amide bonds. The topological polar surface area (TPSA) is 94.8 Å². The maximum atomic E-state index is 12.4. The smallest absolute Gasteiger partial charge is 0.349 e. The third kappa shape index (κ3) is 6.47. The Hall–Kier alpha value is -3.13. The van der Waals surface area contributed by atoms with Crippen LogP contribution >= 0.6 is 15.9 Å². The van der Waals surface area contributed by atoms with E-state index < -0.39 is 17.5 Å². The van der Waals surface area contributed by atoms with E-state index in [1.165, 1.54) is 12.1 Å². The molecular weight excluding hydrogens is 502 g/mol. The molecule has 0 spiro atoms. The predicted octanol–water partition coefficient (Wildman–Crippen LogP) is 5.22. The Kier molecular flexibility index (Phi) is 7.82. The Balaban J connectivity index is 1.71. The van der Waals surface area contributed by atoms with Gasteiger partial charge in [0, 0.05) is 28.0 Å². The minimum absolute atomic E-state index is 0.0737. The lowest BCUT2D eigenvalue weighted by Crippen LogP contribution is -2.31. The maximum Gasteiger partial charge on any atom is 0.349 e. The average Bonchev–Trinajstić information content (AvgIpc) is 2.75. The molecule has 0 bridgehead atoms. The standard InChI is InChI=1S/C26H28BrNO6/c1-15(2)13-28-24(30)19-10-16-6-8-18(12-22(16)34-25(19)31)33-23(29)14-32-21-9-7-17(27)11-20(21)26(3,4)5/h6-12,15H,13-14H2,1-5H3,(H,28,30). The van der Waals surface area contributed by atoms with Crippen LogP contribution in [0.5, 0.6) is 11.5 Å². The van der Waals surface area contributed by atoms with E-state index in [1.54, 1.807) is 18.2 Å². The number of carbonyl (C=O) groups excluding carboxylic acids is 2. The summed E-state index contributed by atoms with van der Waals surface area (Å²) in [5.41, 5.74) is 0.152. The maximum absolute atomic E-state index is 12.4. The normalized spacial score (nSPS) is 11.5. The summed E-state index contributed by atoms with van der Waals surface area (Å²) in [4.78, 5) is 36.9. The molecule has 0 saturated carbocycles. The van der Waals surface area contributed by atoms with E-state index in [2.05, 4.69) is 42.0 Å². The molecule has 1 heterocycles. The van der Waals surface area contributed by atoms with Gasteiger partial charge in [-0.3, -0.25) is 4.79 Å². The van der Waals surface area contributed by atoms with Gasteiger partial charge in [0.1, 0.15) is 22.6 Å². The molecule has 2 aromatic carbocycles. The van der Waals surface area contributed by atoms with Gasteiger partial charge in [-0.15, -0.1) is 0 Å². The van der Waals surface area contributed by atoms with Gasteiger partial charge >= 0.3 is 11.6 Å². The number of amides is 1. The van der Waals surface area contributed by atoms with Gasteiger partial charge in [0.2, 0.25) is 0 Å². The van der Waals surface area contributed by atoms with Gasteiger partial charge in [0.05, 0.1) is 0 Å². The fourth-order valence-electron chi connectivity index (χ4n) is 3.22. The van der Waals surface area contributed by atoms with Crippen molar-refractivity contribution >= 4 is 38.8 Å². The van der Waals surface area contributed by atoms with Crippen molar-refractivity contribution in [1.82, 2.24) is 5.32 Å². The molecule has 180 valence electrons. The summed E-state index contributed by atoms with van der Waals surface area (Å²) in [5.74, 6) is -0.0382. The van der Waals surface area contributed by atoms with E-state index in [-0.39, 0.29) is 34.8 Å². The number of carbonyl (C=O) groups is 2. The Morgan fingerprint density at radius 2 is 1.82 bits per heavy atom. The van der Waals surface area contributed by atoms with Gasteiger partial charge in [-0.1, -0.05) is 50.5 Å². The van der Waals surface area contributed by atoms with Gasteiger partial charge in [-0.05, 0) is 47.7 Å². The summed E-state index contributed by atoms with van der Waals surface area (Å²) in [6.45, 7) is 10.2. The zero-order chi connectivity index (χ0) is 25.0. The van der Waals surface area contributed by atoms with Crippen molar-refractivity contribution in [3.63, 3.8) is 0 Å². The summed E-state index contributed by atoms with van der Waals surface area (Å²) in [6.07, 6.45) is 0. The second kappa shape index (κ2) is 10.4. The molecule has 3 rings (SSSR count). The van der Waals surface area contributed by atoms with E-state index in [1.807, 2.05) is 26.0 Å². The number of ether oxygens (including phenoxy) is 2. The summed E-state index contributed by atoms with van der Waals surface area (Å²) in [5, 5.41) is 3.24. The van der Waals surface area contributed by atoms with Crippen molar-refractivity contribution in [3.8, 4) is 11.5 Å². The molecule has 0 aliphatic rings. The number of hydrogen-bond donors (Lipinski definition) is 1. The van der Waals surface area contributed by atoms with Gasteiger partial charge in [0.15, 0.2) is 6.61 Å². The third-order valence-electron chi connectivity index (χ3n) is 4.95. The highest BCUT2D eigenvalue weighted by Gasteiger charge is 2.20. The number of fused-ring (bicyclic) bond motifs is 1. The van der Waals surface area contributed by atoms with Crippen LogP contribution in [-0.2, 0) is 10.2 Å². The molecule has 8 heteroatoms. The molecule has 0 aliphatic heterocycles. The van der Waals surface area contributed by atoms with E-state index >= 15 is 0 Å². The molecule has 34 heavy (non-hydrogen) atoms. The third-order valence-corrected chi connectivity index (χ3v) is 5.44. The van der Waals surface area contributed by atoms with Crippen molar-refractivity contribution in [2.45, 2.75) is 40.0 Å². The minimum atomic E-state index is -0.759. The number of esters is 1. The summed E-state index contributed by atoms with van der Waals surface area (Å²) < 4.78 is 17.3. The Labute approximate surface area is 206 Å². The van der Waals surface area contributed by atoms with Crippen molar-refractivity contribution in [1.29, 1.82) is 0 Å². The van der Waals surface area contributed by atoms with E-state index in [0.29, 0.717) is 17.7 Å². The lowest BCUT2D eigenvalue weighted by Gasteiger charge is -2.23. The van der Waals surface area contributed by atoms with Crippen LogP contribution in [0.15, 0.2) is 56.1 Å². The Morgan fingerprint density at radius 3 is 2.50 bits per heavy atom. The van der Waals surface area contributed by atoms with Crippen LogP contribution in [0.25, 0.3) is 11.0 Å². The highest BCUT2D eigenvalue weighted by Crippen LogP contribution is 2.33. The average molecular weight is 530 g/mol. The molecule has 0 saturated heterocycles. The van der Waals surface area contributed by atoms with Gasteiger partial charge in [-0.2, -0.15) is 0 Å². The molecular formula is C26H28BrNO6. The van der Waals surface area contributed by atoms with Crippen LogP contribution in [0.3, 0.4) is 0 Å². The Morgan fingerprint density at radius 1 is 1.09 bits per heavy atom. The summed E-state index contributed by atoms with van der Waals surface area (Å²) >= 11 is 3.46. The molecule has 0 fully saturated rings. The first-order valence-electron chi connectivity index (χ1n) is 10.9. The van der Waals surface area contributed by atoms with Crippen molar-refractivity contribution in [3.05, 3.63) is 68.5 Å². The second-order valence-corrected chi connectivity index (χ2v) is 10.3. The monoisotopic (exact) mass is 529 g/mol. The van der Waals surface area contributed by atoms with Crippen LogP contribution in [0.4, 0.5) is 0 Å². The van der Waals surface area contributed by atoms with Crippen LogP contribution in [0, 0.1) is 5.92 Å². The van der Waals surface area contributed by atoms with E-state index in [4.69, 9.17) is 13.9 Å². The fourth-order valence-corrected chi connectivity index (χ4v) is 3.58. The molecule has 0 unspecified atom stereocenters. The summed E-state index contributed by atoms with van der Waals surface area (Å²) in [6, 6.07) is 11.7. The first-order valence-corrected chi connectivity index (χ1v) is 11.7. The van der Waals surface area contributed by atoms with Crippen molar-refractivity contribution in [2.75, 3.05) is 13.2 Å². The first kappa shape index (κ1) is 25.5. The molecule has 0 atom stereocenters. The van der Waals surface area contributed by atoms with E-state index in [0.717, 1.165) is 10.0 Å². The quantitative estimate of drug-likeness (QED) is 0.256. The van der Waals surface area contributed by atoms with E-state index in [9.17, 15) is 14.4 Å². The molecule has 0 aliphatic carbocycles. The zero-order valence-corrected chi connectivity index (χ0v) is 21.4. The predicted molar refractivity (Wildman–Crippen MR) is 134 cm³/mol. The molecule has 1 N–H and O–H groups in total. The van der Waals surface area contributed by atoms with Gasteiger partial charge in [-0.25, -0.2) is 9.59 Å². The number of hydrogen-bond acceptors (Lipinski definition) is 6. The number of rotatable bonds is 7. The SMILES string of the molecule is CC(C)CNC(=O)c1cc2ccc(OC(=O)COc3ccc(Br)cc3C(C)(C)C)cc2oc1=O. The van der Waals surface area contributed by atoms with Gasteiger partial charge in [0.25, 0.3) is 5.91 Å². The molecule has 3 aromatic rings. The van der Waals surface area contributed by atoms with Crippen LogP contribution in [0.1, 0.15) is 50.5 Å². The minimum Gasteiger partial charge on any atom is -0.482 e. The second-order valence-electron chi connectivity index (χ2n) is 9.40. The molecule has 0 radical (unpaired) electrons. The highest BCUT2D eigenvalue weighted by molar-refractivity contribution is 9.10. The zero-order valence-electron chi connectivity index (χ0n) is 19.9. The number of benzene rings is 2. The lowest BCUT2D eigenvalue weighted by molar-refractivity contribution is -0.136.